The number of aliphatic carboxylic acids is 1. The zero-order valence-electron chi connectivity index (χ0n) is 10.6. The van der Waals surface area contributed by atoms with Crippen LogP contribution >= 0.6 is 0 Å². The molecule has 0 aromatic rings. The highest BCUT2D eigenvalue weighted by Gasteiger charge is 2.26. The van der Waals surface area contributed by atoms with Gasteiger partial charge in [-0.2, -0.15) is 0 Å². The second kappa shape index (κ2) is 6.03. The largest absolute Gasteiger partial charge is 0.481 e. The number of hydrogen-bond donors (Lipinski definition) is 2. The Morgan fingerprint density at radius 3 is 2.50 bits per heavy atom. The third kappa shape index (κ3) is 3.59. The monoisotopic (exact) mass is 251 g/mol. The maximum Gasteiger partial charge on any atom is 0.310 e. The van der Waals surface area contributed by atoms with Crippen molar-refractivity contribution in [2.45, 2.75) is 51.0 Å². The molecule has 0 bridgehead atoms. The molecule has 2 rings (SSSR count). The molecule has 0 aromatic carbocycles. The van der Waals surface area contributed by atoms with E-state index in [0.717, 1.165) is 12.8 Å². The van der Waals surface area contributed by atoms with E-state index in [0.29, 0.717) is 18.8 Å². The molecule has 2 unspecified atom stereocenters. The van der Waals surface area contributed by atoms with Crippen LogP contribution in [0.5, 0.6) is 0 Å². The number of rotatable bonds is 4. The molecule has 1 saturated carbocycles. The lowest BCUT2D eigenvalue weighted by molar-refractivity contribution is -0.140. The molecule has 100 valence electrons. The number of carbonyl (C=O) groups excluding carboxylic acids is 1. The average Bonchev–Trinajstić information content (AvgIpc) is 2.78. The summed E-state index contributed by atoms with van der Waals surface area (Å²) in [5.74, 6) is -0.651. The number of carboxylic acid groups (broad SMARTS) is 1. The maximum atomic E-state index is 11.9. The van der Waals surface area contributed by atoms with Crippen LogP contribution in [-0.2, 0) is 9.59 Å². The van der Waals surface area contributed by atoms with Crippen molar-refractivity contribution in [1.29, 1.82) is 0 Å². The molecule has 2 aliphatic carbocycles. The van der Waals surface area contributed by atoms with Gasteiger partial charge in [0.25, 0.3) is 0 Å². The topological polar surface area (TPSA) is 66.4 Å². The average molecular weight is 251 g/mol. The van der Waals surface area contributed by atoms with E-state index in [-0.39, 0.29) is 11.9 Å². The fourth-order valence-corrected chi connectivity index (χ4v) is 2.91. The van der Waals surface area contributed by atoms with Crippen molar-refractivity contribution in [3.63, 3.8) is 0 Å². The van der Waals surface area contributed by atoms with E-state index in [1.807, 2.05) is 0 Å². The third-order valence-corrected chi connectivity index (χ3v) is 3.95. The van der Waals surface area contributed by atoms with E-state index in [4.69, 9.17) is 5.11 Å². The quantitative estimate of drug-likeness (QED) is 0.752. The first-order valence-corrected chi connectivity index (χ1v) is 6.85. The Labute approximate surface area is 107 Å². The summed E-state index contributed by atoms with van der Waals surface area (Å²) < 4.78 is 0. The minimum atomic E-state index is -0.810. The SMILES string of the molecule is O=C(CC1CCCCC1)NC1C=CC(C(=O)O)C1. The zero-order valence-corrected chi connectivity index (χ0v) is 10.6. The summed E-state index contributed by atoms with van der Waals surface area (Å²) in [6.07, 6.45) is 10.7. The van der Waals surface area contributed by atoms with Crippen LogP contribution in [0.4, 0.5) is 0 Å². The van der Waals surface area contributed by atoms with E-state index in [1.165, 1.54) is 19.3 Å². The van der Waals surface area contributed by atoms with Gasteiger partial charge in [0.15, 0.2) is 0 Å². The summed E-state index contributed by atoms with van der Waals surface area (Å²) in [5, 5.41) is 11.8. The third-order valence-electron chi connectivity index (χ3n) is 3.95. The normalized spacial score (nSPS) is 28.2. The van der Waals surface area contributed by atoms with Gasteiger partial charge in [-0.3, -0.25) is 9.59 Å². The summed E-state index contributed by atoms with van der Waals surface area (Å²) in [4.78, 5) is 22.6. The van der Waals surface area contributed by atoms with Crippen molar-refractivity contribution in [1.82, 2.24) is 5.32 Å². The van der Waals surface area contributed by atoms with E-state index >= 15 is 0 Å². The van der Waals surface area contributed by atoms with E-state index in [9.17, 15) is 9.59 Å². The first kappa shape index (κ1) is 13.1. The van der Waals surface area contributed by atoms with Crippen molar-refractivity contribution in [3.8, 4) is 0 Å². The Kier molecular flexibility index (Phi) is 4.39. The van der Waals surface area contributed by atoms with Crippen molar-refractivity contribution in [3.05, 3.63) is 12.2 Å². The molecule has 4 nitrogen and oxygen atoms in total. The summed E-state index contributed by atoms with van der Waals surface area (Å²) in [6, 6.07) is -0.0952. The smallest absolute Gasteiger partial charge is 0.310 e. The molecule has 4 heteroatoms. The van der Waals surface area contributed by atoms with Gasteiger partial charge in [-0.1, -0.05) is 31.4 Å². The minimum Gasteiger partial charge on any atom is -0.481 e. The van der Waals surface area contributed by atoms with Gasteiger partial charge in [-0.15, -0.1) is 0 Å². The predicted octanol–water partition coefficient (Wildman–Crippen LogP) is 2.10. The number of hydrogen-bond acceptors (Lipinski definition) is 2. The van der Waals surface area contributed by atoms with Crippen molar-refractivity contribution >= 4 is 11.9 Å². The van der Waals surface area contributed by atoms with E-state index < -0.39 is 11.9 Å². The second-order valence-corrected chi connectivity index (χ2v) is 5.45. The molecule has 0 saturated heterocycles. The van der Waals surface area contributed by atoms with Crippen molar-refractivity contribution < 1.29 is 14.7 Å². The van der Waals surface area contributed by atoms with Gasteiger partial charge in [-0.25, -0.2) is 0 Å². The van der Waals surface area contributed by atoms with Crippen LogP contribution in [-0.4, -0.2) is 23.0 Å². The second-order valence-electron chi connectivity index (χ2n) is 5.45. The van der Waals surface area contributed by atoms with Crippen LogP contribution in [0.1, 0.15) is 44.9 Å². The Balaban J connectivity index is 1.72. The molecule has 0 heterocycles. The van der Waals surface area contributed by atoms with Crippen LogP contribution in [0.2, 0.25) is 0 Å². The molecule has 0 aromatic heterocycles. The molecule has 1 amide bonds. The molecule has 0 aliphatic heterocycles. The van der Waals surface area contributed by atoms with Crippen LogP contribution in [0.15, 0.2) is 12.2 Å². The summed E-state index contributed by atoms with van der Waals surface area (Å²) >= 11 is 0. The highest BCUT2D eigenvalue weighted by atomic mass is 16.4. The number of amides is 1. The fraction of sp³-hybridized carbons (Fsp3) is 0.714. The number of carbonyl (C=O) groups is 2. The Bertz CT molecular complexity index is 345. The number of nitrogens with one attached hydrogen (secondary N) is 1. The molecule has 2 N–H and O–H groups in total. The van der Waals surface area contributed by atoms with E-state index in [2.05, 4.69) is 5.32 Å². The molecule has 0 radical (unpaired) electrons. The van der Waals surface area contributed by atoms with Gasteiger partial charge in [0.1, 0.15) is 0 Å². The lowest BCUT2D eigenvalue weighted by Gasteiger charge is -2.21. The van der Waals surface area contributed by atoms with Crippen LogP contribution in [0.3, 0.4) is 0 Å². The van der Waals surface area contributed by atoms with Gasteiger partial charge in [-0.05, 0) is 25.2 Å². The maximum absolute atomic E-state index is 11.9. The highest BCUT2D eigenvalue weighted by molar-refractivity contribution is 5.78. The predicted molar refractivity (Wildman–Crippen MR) is 68.0 cm³/mol. The molecular formula is C14H21NO3. The van der Waals surface area contributed by atoms with Crippen LogP contribution in [0, 0.1) is 11.8 Å². The Morgan fingerprint density at radius 2 is 1.89 bits per heavy atom. The van der Waals surface area contributed by atoms with Gasteiger partial charge in [0.05, 0.1) is 5.92 Å². The molecule has 2 atom stereocenters. The van der Waals surface area contributed by atoms with Crippen LogP contribution < -0.4 is 5.32 Å². The fourth-order valence-electron chi connectivity index (χ4n) is 2.91. The molecule has 2 aliphatic rings. The van der Waals surface area contributed by atoms with Gasteiger partial charge < -0.3 is 10.4 Å². The number of carboxylic acids is 1. The molecule has 18 heavy (non-hydrogen) atoms. The molecule has 0 spiro atoms. The molecular weight excluding hydrogens is 230 g/mol. The Morgan fingerprint density at radius 1 is 1.17 bits per heavy atom. The standard InChI is InChI=1S/C14H21NO3/c16-13(8-10-4-2-1-3-5-10)15-12-7-6-11(9-12)14(17)18/h6-7,10-12H,1-5,8-9H2,(H,15,16)(H,17,18). The van der Waals surface area contributed by atoms with Crippen LogP contribution in [0.25, 0.3) is 0 Å². The summed E-state index contributed by atoms with van der Waals surface area (Å²) in [7, 11) is 0. The first-order valence-electron chi connectivity index (χ1n) is 6.85. The van der Waals surface area contributed by atoms with Gasteiger partial charge >= 0.3 is 5.97 Å². The summed E-state index contributed by atoms with van der Waals surface area (Å²) in [6.45, 7) is 0. The zero-order chi connectivity index (χ0) is 13.0. The van der Waals surface area contributed by atoms with Crippen molar-refractivity contribution in [2.75, 3.05) is 0 Å². The van der Waals surface area contributed by atoms with E-state index in [1.54, 1.807) is 12.2 Å². The lowest BCUT2D eigenvalue weighted by atomic mass is 9.87. The lowest BCUT2D eigenvalue weighted by Crippen LogP contribution is -2.34. The first-order chi connectivity index (χ1) is 8.65. The summed E-state index contributed by atoms with van der Waals surface area (Å²) in [5.41, 5.74) is 0. The van der Waals surface area contributed by atoms with Gasteiger partial charge in [0, 0.05) is 12.5 Å². The minimum absolute atomic E-state index is 0.0718. The van der Waals surface area contributed by atoms with Crippen molar-refractivity contribution in [2.24, 2.45) is 11.8 Å². The highest BCUT2D eigenvalue weighted by Crippen LogP contribution is 2.26. The molecule has 1 fully saturated rings. The Hall–Kier alpha value is -1.32. The van der Waals surface area contributed by atoms with Gasteiger partial charge in [0.2, 0.25) is 5.91 Å².